The number of piperazine rings is 1. The van der Waals surface area contributed by atoms with Gasteiger partial charge in [0.2, 0.25) is 5.91 Å². The summed E-state index contributed by atoms with van der Waals surface area (Å²) >= 11 is 0. The number of likely N-dealkylation sites (tertiary alicyclic amines) is 1. The zero-order valence-electron chi connectivity index (χ0n) is 13.9. The molecule has 1 amide bonds. The van der Waals surface area contributed by atoms with Crippen LogP contribution >= 0.6 is 0 Å². The molecule has 5 nitrogen and oxygen atoms in total. The maximum atomic E-state index is 12.3. The predicted octanol–water partition coefficient (Wildman–Crippen LogP) is 1.40. The van der Waals surface area contributed by atoms with E-state index in [2.05, 4.69) is 15.9 Å². The summed E-state index contributed by atoms with van der Waals surface area (Å²) in [6, 6.07) is 8.11. The molecule has 0 aromatic heterocycles. The van der Waals surface area contributed by atoms with Crippen molar-refractivity contribution in [2.75, 3.05) is 51.5 Å². The lowest BCUT2D eigenvalue weighted by Crippen LogP contribution is -2.50. The Hall–Kier alpha value is -1.59. The van der Waals surface area contributed by atoms with Crippen molar-refractivity contribution in [3.05, 3.63) is 29.8 Å². The molecule has 0 radical (unpaired) electrons. The number of hydrogen-bond acceptors (Lipinski definition) is 4. The second kappa shape index (κ2) is 7.79. The Kier molecular flexibility index (Phi) is 5.51. The fourth-order valence-electron chi connectivity index (χ4n) is 3.49. The highest BCUT2D eigenvalue weighted by Gasteiger charge is 2.22. The first-order valence-electron chi connectivity index (χ1n) is 8.77. The van der Waals surface area contributed by atoms with Gasteiger partial charge in [-0.15, -0.1) is 0 Å². The van der Waals surface area contributed by atoms with Crippen LogP contribution < -0.4 is 5.73 Å². The van der Waals surface area contributed by atoms with Gasteiger partial charge in [-0.1, -0.05) is 12.1 Å². The van der Waals surface area contributed by atoms with E-state index in [1.807, 2.05) is 23.1 Å². The summed E-state index contributed by atoms with van der Waals surface area (Å²) in [6.07, 6.45) is 3.60. The monoisotopic (exact) mass is 316 g/mol. The van der Waals surface area contributed by atoms with Crippen LogP contribution in [-0.4, -0.2) is 66.4 Å². The molecule has 0 aliphatic carbocycles. The summed E-state index contributed by atoms with van der Waals surface area (Å²) in [5.74, 6) is 0.314. The van der Waals surface area contributed by atoms with Gasteiger partial charge in [0.15, 0.2) is 0 Å². The van der Waals surface area contributed by atoms with Crippen LogP contribution in [0.25, 0.3) is 0 Å². The second-order valence-electron chi connectivity index (χ2n) is 6.74. The van der Waals surface area contributed by atoms with Crippen LogP contribution in [0.4, 0.5) is 5.69 Å². The van der Waals surface area contributed by atoms with Crippen LogP contribution in [-0.2, 0) is 11.3 Å². The lowest BCUT2D eigenvalue weighted by Gasteiger charge is -2.36. The van der Waals surface area contributed by atoms with Gasteiger partial charge >= 0.3 is 0 Å². The van der Waals surface area contributed by atoms with Crippen molar-refractivity contribution in [2.24, 2.45) is 0 Å². The van der Waals surface area contributed by atoms with Crippen LogP contribution in [0.1, 0.15) is 24.8 Å². The van der Waals surface area contributed by atoms with Crippen molar-refractivity contribution in [1.82, 2.24) is 14.7 Å². The summed E-state index contributed by atoms with van der Waals surface area (Å²) in [7, 11) is 0. The van der Waals surface area contributed by atoms with Crippen LogP contribution in [0.15, 0.2) is 24.3 Å². The van der Waals surface area contributed by atoms with E-state index in [0.717, 1.165) is 51.5 Å². The Morgan fingerprint density at radius 2 is 1.65 bits per heavy atom. The van der Waals surface area contributed by atoms with Crippen molar-refractivity contribution >= 4 is 11.6 Å². The highest BCUT2D eigenvalue weighted by atomic mass is 16.2. The van der Waals surface area contributed by atoms with Crippen LogP contribution in [0, 0.1) is 0 Å². The van der Waals surface area contributed by atoms with Gasteiger partial charge in [-0.25, -0.2) is 0 Å². The lowest BCUT2D eigenvalue weighted by molar-refractivity contribution is -0.133. The molecule has 0 bridgehead atoms. The average Bonchev–Trinajstić information content (AvgIpc) is 2.57. The Bertz CT molecular complexity index is 520. The Morgan fingerprint density at radius 3 is 2.35 bits per heavy atom. The fourth-order valence-corrected chi connectivity index (χ4v) is 3.49. The number of amides is 1. The van der Waals surface area contributed by atoms with Gasteiger partial charge in [0, 0.05) is 51.5 Å². The molecule has 1 aromatic rings. The van der Waals surface area contributed by atoms with Crippen LogP contribution in [0.3, 0.4) is 0 Å². The third-order valence-corrected chi connectivity index (χ3v) is 4.89. The number of benzene rings is 1. The third kappa shape index (κ3) is 4.69. The van der Waals surface area contributed by atoms with Gasteiger partial charge in [0.05, 0.1) is 6.54 Å². The third-order valence-electron chi connectivity index (χ3n) is 4.89. The minimum atomic E-state index is 0.314. The Morgan fingerprint density at radius 1 is 0.957 bits per heavy atom. The second-order valence-corrected chi connectivity index (χ2v) is 6.74. The molecule has 5 heteroatoms. The molecule has 0 atom stereocenters. The van der Waals surface area contributed by atoms with E-state index in [4.69, 9.17) is 5.73 Å². The van der Waals surface area contributed by atoms with Gasteiger partial charge in [0.1, 0.15) is 0 Å². The van der Waals surface area contributed by atoms with E-state index >= 15 is 0 Å². The van der Waals surface area contributed by atoms with E-state index in [1.54, 1.807) is 0 Å². The van der Waals surface area contributed by atoms with Crippen molar-refractivity contribution < 1.29 is 4.79 Å². The molecule has 126 valence electrons. The van der Waals surface area contributed by atoms with Gasteiger partial charge < -0.3 is 10.6 Å². The molecule has 2 aliphatic rings. The molecule has 0 saturated carbocycles. The number of anilines is 1. The molecular formula is C18H28N4O. The molecule has 2 fully saturated rings. The van der Waals surface area contributed by atoms with Gasteiger partial charge in [0.25, 0.3) is 0 Å². The quantitative estimate of drug-likeness (QED) is 0.853. The minimum Gasteiger partial charge on any atom is -0.399 e. The van der Waals surface area contributed by atoms with Crippen LogP contribution in [0.2, 0.25) is 0 Å². The number of nitrogens with two attached hydrogens (primary N) is 1. The largest absolute Gasteiger partial charge is 0.399 e. The number of carbonyl (C=O) groups is 1. The maximum Gasteiger partial charge on any atom is 0.236 e. The van der Waals surface area contributed by atoms with E-state index in [9.17, 15) is 4.79 Å². The first kappa shape index (κ1) is 16.3. The lowest BCUT2D eigenvalue weighted by atomic mass is 10.1. The molecule has 2 N–H and O–H groups in total. The number of carbonyl (C=O) groups excluding carboxylic acids is 1. The molecule has 2 heterocycles. The summed E-state index contributed by atoms with van der Waals surface area (Å²) in [6.45, 7) is 7.42. The van der Waals surface area contributed by atoms with Gasteiger partial charge in [-0.05, 0) is 37.0 Å². The molecule has 2 aliphatic heterocycles. The number of nitrogens with zero attached hydrogens (tertiary/aromatic N) is 3. The summed E-state index contributed by atoms with van der Waals surface area (Å²) in [4.78, 5) is 19.1. The predicted molar refractivity (Wildman–Crippen MR) is 93.0 cm³/mol. The zero-order valence-corrected chi connectivity index (χ0v) is 13.9. The first-order chi connectivity index (χ1) is 11.2. The van der Waals surface area contributed by atoms with Crippen molar-refractivity contribution in [2.45, 2.75) is 25.8 Å². The van der Waals surface area contributed by atoms with Crippen molar-refractivity contribution in [1.29, 1.82) is 0 Å². The molecule has 2 saturated heterocycles. The summed E-state index contributed by atoms with van der Waals surface area (Å²) in [5.41, 5.74) is 7.94. The minimum absolute atomic E-state index is 0.314. The normalized spacial score (nSPS) is 20.6. The highest BCUT2D eigenvalue weighted by Crippen LogP contribution is 2.13. The van der Waals surface area contributed by atoms with Gasteiger partial charge in [-0.2, -0.15) is 0 Å². The van der Waals surface area contributed by atoms with E-state index in [0.29, 0.717) is 12.5 Å². The number of piperidine rings is 1. The Balaban J connectivity index is 1.42. The molecule has 1 aromatic carbocycles. The topological polar surface area (TPSA) is 52.8 Å². The summed E-state index contributed by atoms with van der Waals surface area (Å²) in [5, 5.41) is 0. The first-order valence-corrected chi connectivity index (χ1v) is 8.77. The van der Waals surface area contributed by atoms with Gasteiger partial charge in [-0.3, -0.25) is 14.6 Å². The zero-order chi connectivity index (χ0) is 16.1. The number of rotatable bonds is 4. The average molecular weight is 316 g/mol. The number of hydrogen-bond donors (Lipinski definition) is 1. The fraction of sp³-hybridized carbons (Fsp3) is 0.611. The SMILES string of the molecule is Nc1cccc(CN2CCN(CC(=O)N3CCCCC3)CC2)c1. The van der Waals surface area contributed by atoms with Crippen LogP contribution in [0.5, 0.6) is 0 Å². The molecule has 23 heavy (non-hydrogen) atoms. The van der Waals surface area contributed by atoms with Crippen molar-refractivity contribution in [3.63, 3.8) is 0 Å². The highest BCUT2D eigenvalue weighted by molar-refractivity contribution is 5.78. The molecular weight excluding hydrogens is 288 g/mol. The maximum absolute atomic E-state index is 12.3. The molecule has 3 rings (SSSR count). The molecule has 0 spiro atoms. The Labute approximate surface area is 139 Å². The van der Waals surface area contributed by atoms with E-state index in [-0.39, 0.29) is 0 Å². The van der Waals surface area contributed by atoms with Crippen molar-refractivity contribution in [3.8, 4) is 0 Å². The van der Waals surface area contributed by atoms with E-state index in [1.165, 1.54) is 24.8 Å². The number of nitrogen functional groups attached to an aromatic ring is 1. The molecule has 0 unspecified atom stereocenters. The standard InChI is InChI=1S/C18H28N4O/c19-17-6-4-5-16(13-17)14-20-9-11-21(12-10-20)15-18(23)22-7-2-1-3-8-22/h4-6,13H,1-3,7-12,14-15,19H2. The van der Waals surface area contributed by atoms with E-state index < -0.39 is 0 Å². The smallest absolute Gasteiger partial charge is 0.236 e. The summed E-state index contributed by atoms with van der Waals surface area (Å²) < 4.78 is 0.